The van der Waals surface area contributed by atoms with E-state index in [1.165, 1.54) is 0 Å². The number of rotatable bonds is 6. The fraction of sp³-hybridized carbons (Fsp3) is 0.444. The molecule has 0 amide bonds. The molecule has 6 rings (SSSR count). The van der Waals surface area contributed by atoms with Gasteiger partial charge in [0.25, 0.3) is 0 Å². The number of hydrogen-bond donors (Lipinski definition) is 0. The molecule has 2 aromatic carbocycles. The Bertz CT molecular complexity index is 1340. The molecular weight excluding hydrogens is 476 g/mol. The predicted octanol–water partition coefficient (Wildman–Crippen LogP) is 3.37. The highest BCUT2D eigenvalue weighted by molar-refractivity contribution is 7.89. The lowest BCUT2D eigenvalue weighted by molar-refractivity contribution is 0.171. The lowest BCUT2D eigenvalue weighted by Gasteiger charge is -2.38. The molecule has 3 aromatic rings. The van der Waals surface area contributed by atoms with Crippen molar-refractivity contribution in [2.75, 3.05) is 57.4 Å². The Hall–Kier alpha value is -2.88. The van der Waals surface area contributed by atoms with Gasteiger partial charge in [-0.25, -0.2) is 8.42 Å². The Morgan fingerprint density at radius 2 is 1.78 bits per heavy atom. The first-order valence-electron chi connectivity index (χ1n) is 12.8. The number of para-hydroxylation sites is 1. The monoisotopic (exact) mass is 508 g/mol. The molecule has 0 bridgehead atoms. The third-order valence-electron chi connectivity index (χ3n) is 7.59. The van der Waals surface area contributed by atoms with Crippen LogP contribution in [0.1, 0.15) is 19.3 Å². The molecular formula is C27H32N4O4S. The summed E-state index contributed by atoms with van der Waals surface area (Å²) in [6.45, 7) is 6.38. The minimum Gasteiger partial charge on any atom is -0.486 e. The van der Waals surface area contributed by atoms with Gasteiger partial charge in [-0.1, -0.05) is 18.2 Å². The summed E-state index contributed by atoms with van der Waals surface area (Å²) in [5.74, 6) is 1.68. The summed E-state index contributed by atoms with van der Waals surface area (Å²) in [4.78, 5) is 9.36. The Labute approximate surface area is 212 Å². The van der Waals surface area contributed by atoms with Crippen LogP contribution in [0.4, 0.5) is 5.69 Å². The standard InChI is InChI=1S/C27H32N4O4S/c32-36(33,26-8-1-4-21-20-28-11-9-23(21)26)31-12-3-5-22(31)10-13-29-14-16-30(17-15-29)24-6-2-7-25-27(24)35-19-18-34-25/h1-2,4,6-9,11,20,22H,3,5,10,12-19H2/t22-/m1/s1. The predicted molar refractivity (Wildman–Crippen MR) is 139 cm³/mol. The van der Waals surface area contributed by atoms with Crippen molar-refractivity contribution in [1.82, 2.24) is 14.2 Å². The van der Waals surface area contributed by atoms with E-state index in [1.807, 2.05) is 24.3 Å². The van der Waals surface area contributed by atoms with E-state index in [0.29, 0.717) is 24.7 Å². The topological polar surface area (TPSA) is 75.2 Å². The van der Waals surface area contributed by atoms with Crippen LogP contribution < -0.4 is 14.4 Å². The number of benzene rings is 2. The summed E-state index contributed by atoms with van der Waals surface area (Å²) in [6, 6.07) is 13.4. The van der Waals surface area contributed by atoms with E-state index in [2.05, 4.69) is 20.9 Å². The number of nitrogens with zero attached hydrogens (tertiary/aromatic N) is 4. The van der Waals surface area contributed by atoms with Crippen LogP contribution >= 0.6 is 0 Å². The van der Waals surface area contributed by atoms with Crippen LogP contribution in [0, 0.1) is 0 Å². The number of hydrogen-bond acceptors (Lipinski definition) is 7. The lowest BCUT2D eigenvalue weighted by Crippen LogP contribution is -2.48. The molecule has 36 heavy (non-hydrogen) atoms. The van der Waals surface area contributed by atoms with Gasteiger partial charge < -0.3 is 14.4 Å². The van der Waals surface area contributed by atoms with Gasteiger partial charge in [0.15, 0.2) is 11.5 Å². The zero-order valence-corrected chi connectivity index (χ0v) is 21.2. The van der Waals surface area contributed by atoms with Crippen LogP contribution in [-0.2, 0) is 10.0 Å². The molecule has 0 spiro atoms. The summed E-state index contributed by atoms with van der Waals surface area (Å²) in [5, 5.41) is 1.59. The first kappa shape index (κ1) is 23.5. The molecule has 3 aliphatic rings. The maximum Gasteiger partial charge on any atom is 0.243 e. The van der Waals surface area contributed by atoms with E-state index in [9.17, 15) is 8.42 Å². The average Bonchev–Trinajstić information content (AvgIpc) is 3.41. The summed E-state index contributed by atoms with van der Waals surface area (Å²) >= 11 is 0. The van der Waals surface area contributed by atoms with Crippen molar-refractivity contribution < 1.29 is 17.9 Å². The van der Waals surface area contributed by atoms with E-state index in [1.54, 1.807) is 28.8 Å². The molecule has 3 aliphatic heterocycles. The van der Waals surface area contributed by atoms with Crippen LogP contribution in [-0.4, -0.2) is 81.1 Å². The lowest BCUT2D eigenvalue weighted by atomic mass is 10.1. The normalized spacial score (nSPS) is 21.2. The van der Waals surface area contributed by atoms with E-state index in [0.717, 1.165) is 79.9 Å². The van der Waals surface area contributed by atoms with Gasteiger partial charge in [0.2, 0.25) is 10.0 Å². The second-order valence-electron chi connectivity index (χ2n) is 9.68. The Kier molecular flexibility index (Phi) is 6.45. The van der Waals surface area contributed by atoms with E-state index < -0.39 is 10.0 Å². The van der Waals surface area contributed by atoms with E-state index in [4.69, 9.17) is 9.47 Å². The zero-order chi connectivity index (χ0) is 24.5. The van der Waals surface area contributed by atoms with Crippen molar-refractivity contribution in [3.05, 3.63) is 54.9 Å². The highest BCUT2D eigenvalue weighted by Gasteiger charge is 2.36. The molecule has 0 radical (unpaired) electrons. The molecule has 2 saturated heterocycles. The summed E-state index contributed by atoms with van der Waals surface area (Å²) in [6.07, 6.45) is 6.06. The fourth-order valence-electron chi connectivity index (χ4n) is 5.71. The van der Waals surface area contributed by atoms with Gasteiger partial charge in [-0.3, -0.25) is 9.88 Å². The highest BCUT2D eigenvalue weighted by Crippen LogP contribution is 2.40. The number of pyridine rings is 1. The molecule has 8 nitrogen and oxygen atoms in total. The quantitative estimate of drug-likeness (QED) is 0.505. The van der Waals surface area contributed by atoms with Crippen LogP contribution in [0.2, 0.25) is 0 Å². The third kappa shape index (κ3) is 4.40. The van der Waals surface area contributed by atoms with Crippen molar-refractivity contribution in [1.29, 1.82) is 0 Å². The second-order valence-corrected chi connectivity index (χ2v) is 11.5. The molecule has 1 atom stereocenters. The zero-order valence-electron chi connectivity index (χ0n) is 20.4. The minimum absolute atomic E-state index is 0.0387. The Balaban J connectivity index is 1.09. The van der Waals surface area contributed by atoms with Gasteiger partial charge in [-0.15, -0.1) is 0 Å². The Morgan fingerprint density at radius 1 is 0.944 bits per heavy atom. The van der Waals surface area contributed by atoms with E-state index >= 15 is 0 Å². The first-order valence-corrected chi connectivity index (χ1v) is 14.3. The number of piperazine rings is 1. The maximum atomic E-state index is 13.7. The number of sulfonamides is 1. The second kappa shape index (κ2) is 9.88. The highest BCUT2D eigenvalue weighted by atomic mass is 32.2. The number of fused-ring (bicyclic) bond motifs is 2. The van der Waals surface area contributed by atoms with Crippen LogP contribution in [0.3, 0.4) is 0 Å². The summed E-state index contributed by atoms with van der Waals surface area (Å²) in [7, 11) is -3.57. The summed E-state index contributed by atoms with van der Waals surface area (Å²) in [5.41, 5.74) is 1.10. The maximum absolute atomic E-state index is 13.7. The third-order valence-corrected chi connectivity index (χ3v) is 9.60. The van der Waals surface area contributed by atoms with Crippen LogP contribution in [0.5, 0.6) is 11.5 Å². The molecule has 0 saturated carbocycles. The number of ether oxygens (including phenoxy) is 2. The van der Waals surface area contributed by atoms with Gasteiger partial charge in [-0.2, -0.15) is 4.31 Å². The van der Waals surface area contributed by atoms with E-state index in [-0.39, 0.29) is 6.04 Å². The van der Waals surface area contributed by atoms with Gasteiger partial charge in [0, 0.05) is 61.9 Å². The number of anilines is 1. The molecule has 2 fully saturated rings. The Morgan fingerprint density at radius 3 is 2.67 bits per heavy atom. The first-order chi connectivity index (χ1) is 17.6. The van der Waals surface area contributed by atoms with Gasteiger partial charge in [-0.05, 0) is 50.1 Å². The van der Waals surface area contributed by atoms with Crippen molar-refractivity contribution in [3.8, 4) is 11.5 Å². The molecule has 9 heteroatoms. The SMILES string of the molecule is O=S(=O)(c1cccc2cnccc12)N1CCC[C@@H]1CCN1CCN(c2cccc3c2OCCO3)CC1. The van der Waals surface area contributed by atoms with Crippen molar-refractivity contribution in [2.24, 2.45) is 0 Å². The molecule has 4 heterocycles. The molecule has 1 aromatic heterocycles. The summed E-state index contributed by atoms with van der Waals surface area (Å²) < 4.78 is 40.8. The average molecular weight is 509 g/mol. The minimum atomic E-state index is -3.57. The number of aromatic nitrogens is 1. The van der Waals surface area contributed by atoms with Crippen molar-refractivity contribution >= 4 is 26.5 Å². The largest absolute Gasteiger partial charge is 0.486 e. The fourth-order valence-corrected chi connectivity index (χ4v) is 7.65. The molecule has 0 aliphatic carbocycles. The van der Waals surface area contributed by atoms with Crippen LogP contribution in [0.15, 0.2) is 59.8 Å². The molecule has 190 valence electrons. The van der Waals surface area contributed by atoms with Crippen molar-refractivity contribution in [2.45, 2.75) is 30.2 Å². The smallest absolute Gasteiger partial charge is 0.243 e. The van der Waals surface area contributed by atoms with Gasteiger partial charge >= 0.3 is 0 Å². The molecule has 0 unspecified atom stereocenters. The van der Waals surface area contributed by atoms with Crippen LogP contribution in [0.25, 0.3) is 10.8 Å². The molecule has 0 N–H and O–H groups in total. The van der Waals surface area contributed by atoms with Gasteiger partial charge in [0.05, 0.1) is 10.6 Å². The van der Waals surface area contributed by atoms with Crippen molar-refractivity contribution in [3.63, 3.8) is 0 Å². The van der Waals surface area contributed by atoms with Gasteiger partial charge in [0.1, 0.15) is 13.2 Å².